The molecular formula is C16H21N3O5S. The van der Waals surface area contributed by atoms with Crippen LogP contribution in [0.4, 0.5) is 0 Å². The molecule has 25 heavy (non-hydrogen) atoms. The molecule has 0 aliphatic carbocycles. The van der Waals surface area contributed by atoms with Crippen molar-refractivity contribution in [2.45, 2.75) is 26.6 Å². The number of nitrogens with zero attached hydrogens (tertiary/aromatic N) is 3. The summed E-state index contributed by atoms with van der Waals surface area (Å²) in [7, 11) is -3.28. The average molecular weight is 367 g/mol. The second kappa shape index (κ2) is 7.11. The van der Waals surface area contributed by atoms with Crippen molar-refractivity contribution in [1.82, 2.24) is 14.5 Å². The van der Waals surface area contributed by atoms with Gasteiger partial charge in [0.05, 0.1) is 12.9 Å². The Morgan fingerprint density at radius 1 is 1.28 bits per heavy atom. The molecule has 1 aromatic carbocycles. The van der Waals surface area contributed by atoms with Gasteiger partial charge in [-0.05, 0) is 37.1 Å². The average Bonchev–Trinajstić information content (AvgIpc) is 3.04. The minimum absolute atomic E-state index is 0.137. The molecule has 0 spiro atoms. The number of aryl methyl sites for hydroxylation is 2. The third kappa shape index (κ3) is 4.36. The molecule has 136 valence electrons. The predicted molar refractivity (Wildman–Crippen MR) is 89.7 cm³/mol. The van der Waals surface area contributed by atoms with Crippen LogP contribution in [0.2, 0.25) is 0 Å². The number of aromatic nitrogens is 2. The summed E-state index contributed by atoms with van der Waals surface area (Å²) in [5.74, 6) is 1.29. The first-order valence-corrected chi connectivity index (χ1v) is 9.77. The van der Waals surface area contributed by atoms with E-state index in [1.165, 1.54) is 16.1 Å². The Labute approximate surface area is 146 Å². The number of morpholine rings is 1. The van der Waals surface area contributed by atoms with E-state index in [0.29, 0.717) is 12.4 Å². The van der Waals surface area contributed by atoms with E-state index >= 15 is 0 Å². The maximum atomic E-state index is 11.7. The Kier molecular flexibility index (Phi) is 5.07. The molecule has 0 saturated carbocycles. The van der Waals surface area contributed by atoms with Gasteiger partial charge in [-0.3, -0.25) is 0 Å². The van der Waals surface area contributed by atoms with Gasteiger partial charge in [0.2, 0.25) is 15.9 Å². The van der Waals surface area contributed by atoms with E-state index < -0.39 is 16.1 Å². The summed E-state index contributed by atoms with van der Waals surface area (Å²) in [6.07, 6.45) is 0.609. The first-order chi connectivity index (χ1) is 11.8. The zero-order valence-corrected chi connectivity index (χ0v) is 15.2. The highest BCUT2D eigenvalue weighted by molar-refractivity contribution is 7.88. The molecule has 1 aliphatic heterocycles. The lowest BCUT2D eigenvalue weighted by atomic mass is 10.1. The van der Waals surface area contributed by atoms with Crippen LogP contribution in [-0.2, 0) is 21.4 Å². The van der Waals surface area contributed by atoms with Gasteiger partial charge in [-0.15, -0.1) is 10.2 Å². The van der Waals surface area contributed by atoms with E-state index in [1.54, 1.807) is 0 Å². The largest absolute Gasteiger partial charge is 0.484 e. The molecule has 0 radical (unpaired) electrons. The summed E-state index contributed by atoms with van der Waals surface area (Å²) in [6, 6.07) is 5.81. The van der Waals surface area contributed by atoms with Crippen LogP contribution in [0, 0.1) is 13.8 Å². The lowest BCUT2D eigenvalue weighted by Crippen LogP contribution is -2.41. The van der Waals surface area contributed by atoms with Crippen LogP contribution >= 0.6 is 0 Å². The molecule has 2 heterocycles. The quantitative estimate of drug-likeness (QED) is 0.792. The Hall–Kier alpha value is -1.97. The molecule has 1 aromatic heterocycles. The van der Waals surface area contributed by atoms with Gasteiger partial charge < -0.3 is 13.9 Å². The molecular weight excluding hydrogens is 346 g/mol. The van der Waals surface area contributed by atoms with Gasteiger partial charge in [0.25, 0.3) is 5.89 Å². The van der Waals surface area contributed by atoms with Crippen molar-refractivity contribution in [3.8, 4) is 5.75 Å². The van der Waals surface area contributed by atoms with Crippen molar-refractivity contribution in [3.63, 3.8) is 0 Å². The van der Waals surface area contributed by atoms with Crippen molar-refractivity contribution >= 4 is 10.0 Å². The van der Waals surface area contributed by atoms with Crippen molar-refractivity contribution in [2.75, 3.05) is 26.0 Å². The molecule has 2 aromatic rings. The molecule has 8 nitrogen and oxygen atoms in total. The first kappa shape index (κ1) is 17.8. The van der Waals surface area contributed by atoms with E-state index in [0.717, 1.165) is 11.3 Å². The summed E-state index contributed by atoms with van der Waals surface area (Å²) < 4.78 is 41.4. The standard InChI is InChI=1S/C16H21N3O5S/c1-11-4-5-13(8-12(11)2)23-10-15-17-18-16(24-15)14-9-19(6-7-22-14)25(3,20)21/h4-5,8,14H,6-7,9-10H2,1-3H3/t14-/m0/s1. The number of rotatable bonds is 5. The van der Waals surface area contributed by atoms with Gasteiger partial charge in [-0.1, -0.05) is 6.07 Å². The van der Waals surface area contributed by atoms with Gasteiger partial charge in [0.1, 0.15) is 11.9 Å². The smallest absolute Gasteiger partial charge is 0.254 e. The monoisotopic (exact) mass is 367 g/mol. The Bertz CT molecular complexity index is 849. The number of benzene rings is 1. The van der Waals surface area contributed by atoms with Gasteiger partial charge in [-0.2, -0.15) is 4.31 Å². The van der Waals surface area contributed by atoms with Crippen LogP contribution in [0.3, 0.4) is 0 Å². The van der Waals surface area contributed by atoms with E-state index in [1.807, 2.05) is 32.0 Å². The topological polar surface area (TPSA) is 94.8 Å². The second-order valence-corrected chi connectivity index (χ2v) is 8.03. The SMILES string of the molecule is Cc1ccc(OCc2nnc([C@@H]3CN(S(C)(=O)=O)CCO3)o2)cc1C. The van der Waals surface area contributed by atoms with Crippen molar-refractivity contribution in [2.24, 2.45) is 0 Å². The van der Waals surface area contributed by atoms with Gasteiger partial charge >= 0.3 is 0 Å². The highest BCUT2D eigenvalue weighted by atomic mass is 32.2. The van der Waals surface area contributed by atoms with Crippen molar-refractivity contribution in [3.05, 3.63) is 41.1 Å². The van der Waals surface area contributed by atoms with Crippen molar-refractivity contribution < 1.29 is 22.3 Å². The van der Waals surface area contributed by atoms with Crippen LogP contribution in [0.15, 0.2) is 22.6 Å². The van der Waals surface area contributed by atoms with E-state index in [9.17, 15) is 8.42 Å². The molecule has 1 aliphatic rings. The van der Waals surface area contributed by atoms with Crippen molar-refractivity contribution in [1.29, 1.82) is 0 Å². The number of sulfonamides is 1. The highest BCUT2D eigenvalue weighted by Crippen LogP contribution is 2.23. The van der Waals surface area contributed by atoms with Crippen LogP contribution in [0.5, 0.6) is 5.75 Å². The summed E-state index contributed by atoms with van der Waals surface area (Å²) in [6.45, 7) is 4.96. The Morgan fingerprint density at radius 2 is 2.08 bits per heavy atom. The summed E-state index contributed by atoms with van der Waals surface area (Å²) >= 11 is 0. The zero-order valence-electron chi connectivity index (χ0n) is 14.4. The highest BCUT2D eigenvalue weighted by Gasteiger charge is 2.30. The van der Waals surface area contributed by atoms with Crippen LogP contribution in [0.25, 0.3) is 0 Å². The Morgan fingerprint density at radius 3 is 2.80 bits per heavy atom. The molecule has 3 rings (SSSR count). The molecule has 0 N–H and O–H groups in total. The third-order valence-electron chi connectivity index (χ3n) is 4.10. The molecule has 1 fully saturated rings. The maximum absolute atomic E-state index is 11.7. The number of hydrogen-bond acceptors (Lipinski definition) is 7. The third-order valence-corrected chi connectivity index (χ3v) is 5.37. The lowest BCUT2D eigenvalue weighted by Gasteiger charge is -2.29. The van der Waals surface area contributed by atoms with E-state index in [4.69, 9.17) is 13.9 Å². The molecule has 9 heteroatoms. The van der Waals surface area contributed by atoms with Gasteiger partial charge in [0.15, 0.2) is 6.61 Å². The Balaban J connectivity index is 1.63. The normalized spacial score (nSPS) is 19.1. The molecule has 1 saturated heterocycles. The van der Waals surface area contributed by atoms with E-state index in [-0.39, 0.29) is 25.6 Å². The maximum Gasteiger partial charge on any atom is 0.254 e. The second-order valence-electron chi connectivity index (χ2n) is 6.05. The number of hydrogen-bond donors (Lipinski definition) is 0. The zero-order chi connectivity index (χ0) is 18.0. The van der Waals surface area contributed by atoms with E-state index in [2.05, 4.69) is 10.2 Å². The fraction of sp³-hybridized carbons (Fsp3) is 0.500. The lowest BCUT2D eigenvalue weighted by molar-refractivity contribution is -0.0180. The van der Waals surface area contributed by atoms with Crippen LogP contribution in [-0.4, -0.2) is 48.9 Å². The fourth-order valence-corrected chi connectivity index (χ4v) is 3.29. The van der Waals surface area contributed by atoms with Gasteiger partial charge in [0, 0.05) is 13.1 Å². The summed E-state index contributed by atoms with van der Waals surface area (Å²) in [4.78, 5) is 0. The van der Waals surface area contributed by atoms with Gasteiger partial charge in [-0.25, -0.2) is 8.42 Å². The summed E-state index contributed by atoms with van der Waals surface area (Å²) in [5, 5.41) is 7.90. The fourth-order valence-electron chi connectivity index (χ4n) is 2.48. The summed E-state index contributed by atoms with van der Waals surface area (Å²) in [5.41, 5.74) is 2.33. The minimum atomic E-state index is -3.28. The first-order valence-electron chi connectivity index (χ1n) is 7.92. The minimum Gasteiger partial charge on any atom is -0.484 e. The van der Waals surface area contributed by atoms with Crippen LogP contribution < -0.4 is 4.74 Å². The molecule has 1 atom stereocenters. The molecule has 0 amide bonds. The molecule has 0 unspecified atom stereocenters. The molecule has 0 bridgehead atoms. The van der Waals surface area contributed by atoms with Crippen LogP contribution in [0.1, 0.15) is 29.0 Å². The predicted octanol–water partition coefficient (Wildman–Crippen LogP) is 1.60. The number of ether oxygens (including phenoxy) is 2.